The molecule has 3 aliphatic rings. The quantitative estimate of drug-likeness (QED) is 0.623. The third kappa shape index (κ3) is 3.12. The molecular formula is C21H24N2O6. The van der Waals surface area contributed by atoms with Crippen LogP contribution in [0, 0.1) is 11.8 Å². The largest absolute Gasteiger partial charge is 0.481 e. The Kier molecular flexibility index (Phi) is 4.92. The minimum absolute atomic E-state index is 0.237. The van der Waals surface area contributed by atoms with Crippen LogP contribution in [-0.4, -0.2) is 75.7 Å². The molecule has 3 heterocycles. The molecule has 2 fully saturated rings. The van der Waals surface area contributed by atoms with Gasteiger partial charge >= 0.3 is 11.9 Å². The zero-order valence-corrected chi connectivity index (χ0v) is 16.1. The molecule has 0 aromatic heterocycles. The van der Waals surface area contributed by atoms with Crippen LogP contribution in [0.4, 0.5) is 0 Å². The first-order valence-corrected chi connectivity index (χ1v) is 9.71. The molecule has 1 aromatic rings. The summed E-state index contributed by atoms with van der Waals surface area (Å²) in [5, 5.41) is 19.4. The van der Waals surface area contributed by atoms with Crippen molar-refractivity contribution in [2.45, 2.75) is 30.7 Å². The molecule has 1 spiro atoms. The highest BCUT2D eigenvalue weighted by Gasteiger charge is 2.73. The topological polar surface area (TPSA) is 107 Å². The van der Waals surface area contributed by atoms with E-state index in [9.17, 15) is 24.6 Å². The molecule has 5 atom stereocenters. The standard InChI is InChI=1S/C21H24N2O6/c1-22(12-13-6-3-2-4-7-13)10-5-11-23-17(20(27)28)21-9-8-14(29-21)15(19(25)26)16(21)18(23)24/h2-4,6-9,14-17H,5,10-12H2,1H3,(H,25,26)(H,27,28). The van der Waals surface area contributed by atoms with Gasteiger partial charge in [-0.2, -0.15) is 0 Å². The van der Waals surface area contributed by atoms with Gasteiger partial charge in [0, 0.05) is 13.1 Å². The van der Waals surface area contributed by atoms with Gasteiger partial charge in [0.15, 0.2) is 6.04 Å². The highest BCUT2D eigenvalue weighted by atomic mass is 16.5. The maximum absolute atomic E-state index is 13.0. The molecule has 1 amide bonds. The van der Waals surface area contributed by atoms with Crippen LogP contribution in [0.15, 0.2) is 42.5 Å². The lowest BCUT2D eigenvalue weighted by Crippen LogP contribution is -2.50. The van der Waals surface area contributed by atoms with Crippen LogP contribution < -0.4 is 0 Å². The zero-order valence-electron chi connectivity index (χ0n) is 16.1. The molecule has 2 N–H and O–H groups in total. The number of fused-ring (bicyclic) bond motifs is 1. The summed E-state index contributed by atoms with van der Waals surface area (Å²) in [4.78, 5) is 40.2. The minimum Gasteiger partial charge on any atom is -0.481 e. The Morgan fingerprint density at radius 3 is 2.59 bits per heavy atom. The third-order valence-electron chi connectivity index (χ3n) is 6.13. The SMILES string of the molecule is CN(CCCN1C(=O)C2C(C(=O)O)C3C=CC2(O3)C1C(=O)O)Cc1ccccc1. The number of carbonyl (C=O) groups excluding carboxylic acids is 1. The summed E-state index contributed by atoms with van der Waals surface area (Å²) >= 11 is 0. The number of ether oxygens (including phenoxy) is 1. The summed E-state index contributed by atoms with van der Waals surface area (Å²) in [6, 6.07) is 8.77. The predicted octanol–water partition coefficient (Wildman–Crippen LogP) is 0.828. The maximum Gasteiger partial charge on any atom is 0.329 e. The van der Waals surface area contributed by atoms with E-state index in [0.29, 0.717) is 13.0 Å². The number of hydrogen-bond donors (Lipinski definition) is 2. The highest BCUT2D eigenvalue weighted by molar-refractivity contribution is 5.97. The molecule has 154 valence electrons. The van der Waals surface area contributed by atoms with E-state index in [2.05, 4.69) is 4.90 Å². The smallest absolute Gasteiger partial charge is 0.329 e. The van der Waals surface area contributed by atoms with Crippen LogP contribution in [0.5, 0.6) is 0 Å². The summed E-state index contributed by atoms with van der Waals surface area (Å²) in [6.07, 6.45) is 2.99. The number of likely N-dealkylation sites (tertiary alicyclic amines) is 1. The second kappa shape index (κ2) is 7.27. The van der Waals surface area contributed by atoms with Gasteiger partial charge in [-0.15, -0.1) is 0 Å². The number of hydrogen-bond acceptors (Lipinski definition) is 5. The van der Waals surface area contributed by atoms with Crippen molar-refractivity contribution in [3.8, 4) is 0 Å². The number of aliphatic carboxylic acids is 2. The van der Waals surface area contributed by atoms with E-state index < -0.39 is 47.4 Å². The van der Waals surface area contributed by atoms with Crippen LogP contribution >= 0.6 is 0 Å². The van der Waals surface area contributed by atoms with Crippen molar-refractivity contribution in [2.24, 2.45) is 11.8 Å². The monoisotopic (exact) mass is 400 g/mol. The average molecular weight is 400 g/mol. The van der Waals surface area contributed by atoms with Gasteiger partial charge in [0.2, 0.25) is 5.91 Å². The van der Waals surface area contributed by atoms with Crippen LogP contribution in [0.2, 0.25) is 0 Å². The highest BCUT2D eigenvalue weighted by Crippen LogP contribution is 2.54. The Bertz CT molecular complexity index is 856. The third-order valence-corrected chi connectivity index (χ3v) is 6.13. The number of amides is 1. The lowest BCUT2D eigenvalue weighted by atomic mass is 9.75. The van der Waals surface area contributed by atoms with E-state index in [1.807, 2.05) is 37.4 Å². The van der Waals surface area contributed by atoms with Crippen molar-refractivity contribution in [3.63, 3.8) is 0 Å². The van der Waals surface area contributed by atoms with Crippen LogP contribution in [0.25, 0.3) is 0 Å². The van der Waals surface area contributed by atoms with Crippen LogP contribution in [0.1, 0.15) is 12.0 Å². The molecule has 8 nitrogen and oxygen atoms in total. The van der Waals surface area contributed by atoms with E-state index in [1.54, 1.807) is 12.2 Å². The fourth-order valence-electron chi connectivity index (χ4n) is 4.96. The molecule has 8 heteroatoms. The first-order valence-electron chi connectivity index (χ1n) is 9.71. The minimum atomic E-state index is -1.38. The Morgan fingerprint density at radius 2 is 1.93 bits per heavy atom. The Hall–Kier alpha value is -2.71. The summed E-state index contributed by atoms with van der Waals surface area (Å²) in [5.41, 5.74) is -0.212. The molecule has 29 heavy (non-hydrogen) atoms. The van der Waals surface area contributed by atoms with Gasteiger partial charge in [-0.25, -0.2) is 4.79 Å². The van der Waals surface area contributed by atoms with Gasteiger partial charge in [-0.05, 0) is 25.6 Å². The fraction of sp³-hybridized carbons (Fsp3) is 0.476. The number of nitrogens with zero attached hydrogens (tertiary/aromatic N) is 2. The predicted molar refractivity (Wildman–Crippen MR) is 102 cm³/mol. The Morgan fingerprint density at radius 1 is 1.21 bits per heavy atom. The van der Waals surface area contributed by atoms with Crippen molar-refractivity contribution >= 4 is 17.8 Å². The molecular weight excluding hydrogens is 376 g/mol. The lowest BCUT2D eigenvalue weighted by Gasteiger charge is -2.30. The van der Waals surface area contributed by atoms with Crippen molar-refractivity contribution in [1.82, 2.24) is 9.80 Å². The number of carboxylic acid groups (broad SMARTS) is 2. The summed E-state index contributed by atoms with van der Waals surface area (Å²) in [6.45, 7) is 1.66. The molecule has 4 rings (SSSR count). The molecule has 0 aliphatic carbocycles. The normalized spacial score (nSPS) is 32.2. The van der Waals surface area contributed by atoms with E-state index in [-0.39, 0.29) is 6.54 Å². The van der Waals surface area contributed by atoms with Gasteiger partial charge in [-0.3, -0.25) is 9.59 Å². The molecule has 0 radical (unpaired) electrons. The van der Waals surface area contributed by atoms with Crippen LogP contribution in [-0.2, 0) is 25.7 Å². The van der Waals surface area contributed by atoms with Crippen molar-refractivity contribution in [2.75, 3.05) is 20.1 Å². The molecule has 1 aromatic carbocycles. The zero-order chi connectivity index (χ0) is 20.8. The first-order chi connectivity index (χ1) is 13.8. The summed E-state index contributed by atoms with van der Waals surface area (Å²) in [5.74, 6) is -4.77. The maximum atomic E-state index is 13.0. The van der Waals surface area contributed by atoms with Crippen molar-refractivity contribution < 1.29 is 29.3 Å². The van der Waals surface area contributed by atoms with E-state index in [0.717, 1.165) is 6.54 Å². The summed E-state index contributed by atoms with van der Waals surface area (Å²) < 4.78 is 5.79. The number of carboxylic acids is 2. The van der Waals surface area contributed by atoms with Crippen LogP contribution in [0.3, 0.4) is 0 Å². The molecule has 2 saturated heterocycles. The average Bonchev–Trinajstić information content (AvgIpc) is 3.30. The van der Waals surface area contributed by atoms with E-state index in [4.69, 9.17) is 4.74 Å². The van der Waals surface area contributed by atoms with Gasteiger partial charge < -0.3 is 24.7 Å². The Balaban J connectivity index is 1.45. The number of carbonyl (C=O) groups is 3. The Labute approximate surface area is 168 Å². The first kappa shape index (κ1) is 19.6. The lowest BCUT2D eigenvalue weighted by molar-refractivity contribution is -0.153. The second-order valence-corrected chi connectivity index (χ2v) is 7.99. The van der Waals surface area contributed by atoms with Gasteiger partial charge in [0.05, 0.1) is 12.0 Å². The summed E-state index contributed by atoms with van der Waals surface area (Å²) in [7, 11) is 1.97. The van der Waals surface area contributed by atoms with Crippen molar-refractivity contribution in [1.29, 1.82) is 0 Å². The number of rotatable bonds is 8. The van der Waals surface area contributed by atoms with Crippen molar-refractivity contribution in [3.05, 3.63) is 48.0 Å². The van der Waals surface area contributed by atoms with E-state index >= 15 is 0 Å². The molecule has 2 bridgehead atoms. The van der Waals surface area contributed by atoms with Gasteiger partial charge in [0.1, 0.15) is 11.5 Å². The second-order valence-electron chi connectivity index (χ2n) is 7.99. The van der Waals surface area contributed by atoms with E-state index in [1.165, 1.54) is 10.5 Å². The molecule has 0 saturated carbocycles. The number of benzene rings is 1. The van der Waals surface area contributed by atoms with Gasteiger partial charge in [0.25, 0.3) is 0 Å². The van der Waals surface area contributed by atoms with Gasteiger partial charge in [-0.1, -0.05) is 42.5 Å². The molecule has 3 aliphatic heterocycles. The fourth-order valence-corrected chi connectivity index (χ4v) is 4.96. The molecule has 5 unspecified atom stereocenters.